The molecule has 0 fully saturated rings. The second-order valence-corrected chi connectivity index (χ2v) is 6.36. The Labute approximate surface area is 145 Å². The molecule has 0 aliphatic carbocycles. The van der Waals surface area contributed by atoms with Crippen LogP contribution in [-0.2, 0) is 0 Å². The Balaban J connectivity index is 1.69. The van der Waals surface area contributed by atoms with Crippen molar-refractivity contribution >= 4 is 29.6 Å². The van der Waals surface area contributed by atoms with E-state index >= 15 is 0 Å². The zero-order valence-electron chi connectivity index (χ0n) is 13.4. The molecule has 0 amide bonds. The monoisotopic (exact) mass is 323 g/mol. The lowest BCUT2D eigenvalue weighted by molar-refractivity contribution is 0.453. The van der Waals surface area contributed by atoms with Gasteiger partial charge in [0.2, 0.25) is 0 Å². The number of anilines is 3. The molecule has 2 aromatic heterocycles. The van der Waals surface area contributed by atoms with Gasteiger partial charge < -0.3 is 13.7 Å². The van der Waals surface area contributed by atoms with Gasteiger partial charge >= 0.3 is 6.98 Å². The minimum atomic E-state index is 0.0786. The zero-order chi connectivity index (χ0) is 16.4. The fourth-order valence-electron chi connectivity index (χ4n) is 4.02. The Kier molecular flexibility index (Phi) is 2.40. The van der Waals surface area contributed by atoms with E-state index in [9.17, 15) is 0 Å². The first kappa shape index (κ1) is 13.0. The number of para-hydroxylation sites is 1. The predicted octanol–water partition coefficient (Wildman–Crippen LogP) is 3.97. The summed E-state index contributed by atoms with van der Waals surface area (Å²) < 4.78 is 10.7. The van der Waals surface area contributed by atoms with Crippen LogP contribution in [0, 0.1) is 0 Å². The van der Waals surface area contributed by atoms with Gasteiger partial charge in [-0.05, 0) is 60.9 Å². The molecule has 2 aromatic carbocycles. The largest absolute Gasteiger partial charge is 0.442 e. The van der Waals surface area contributed by atoms with Gasteiger partial charge in [0.25, 0.3) is 0 Å². The highest BCUT2D eigenvalue weighted by Gasteiger charge is 2.41. The summed E-state index contributed by atoms with van der Waals surface area (Å²) in [5.41, 5.74) is 3.51. The van der Waals surface area contributed by atoms with Crippen molar-refractivity contribution in [3.05, 3.63) is 85.2 Å². The number of benzene rings is 2. The molecule has 0 spiro atoms. The second kappa shape index (κ2) is 4.60. The minimum absolute atomic E-state index is 0.0786. The van der Waals surface area contributed by atoms with Crippen LogP contribution in [0.3, 0.4) is 0 Å². The van der Waals surface area contributed by atoms with Crippen molar-refractivity contribution in [3.63, 3.8) is 0 Å². The number of hydrogen-bond donors (Lipinski definition) is 0. The van der Waals surface area contributed by atoms with E-state index in [0.29, 0.717) is 0 Å². The zero-order valence-corrected chi connectivity index (χ0v) is 13.4. The first-order chi connectivity index (χ1) is 12.4. The van der Waals surface area contributed by atoms with Gasteiger partial charge in [0.15, 0.2) is 5.88 Å². The summed E-state index contributed by atoms with van der Waals surface area (Å²) in [7, 11) is 0. The Hall–Kier alpha value is -3.34. The highest BCUT2D eigenvalue weighted by molar-refractivity contribution is 6.74. The third kappa shape index (κ3) is 1.62. The molecule has 2 aliphatic heterocycles. The summed E-state index contributed by atoms with van der Waals surface area (Å²) in [6.45, 7) is 0.0786. The summed E-state index contributed by atoms with van der Waals surface area (Å²) in [6.07, 6.45) is 4.23. The standard InChI is InChI=1S/C20H14BN3O/c1-2-7-15(8-3-1)24-16-9-4-10-17-20(16)21(22-13-5-11-18(22)24)23-14-6-12-19(23)25-17/h1-14H. The van der Waals surface area contributed by atoms with E-state index in [0.717, 1.165) is 23.1 Å². The maximum Gasteiger partial charge on any atom is 0.429 e. The van der Waals surface area contributed by atoms with Gasteiger partial charge in [0.1, 0.15) is 11.6 Å². The van der Waals surface area contributed by atoms with Gasteiger partial charge in [-0.2, -0.15) is 0 Å². The van der Waals surface area contributed by atoms with E-state index in [-0.39, 0.29) is 6.98 Å². The van der Waals surface area contributed by atoms with Crippen LogP contribution >= 0.6 is 0 Å². The average molecular weight is 323 g/mol. The van der Waals surface area contributed by atoms with Crippen molar-refractivity contribution in [1.82, 2.24) is 8.96 Å². The topological polar surface area (TPSA) is 22.3 Å². The Morgan fingerprint density at radius 2 is 1.56 bits per heavy atom. The number of aromatic nitrogens is 2. The Bertz CT molecular complexity index is 1100. The molecule has 6 rings (SSSR count). The van der Waals surface area contributed by atoms with Crippen LogP contribution in [0.15, 0.2) is 85.2 Å². The van der Waals surface area contributed by atoms with E-state index in [1.807, 2.05) is 18.2 Å². The number of ether oxygens (including phenoxy) is 1. The summed E-state index contributed by atoms with van der Waals surface area (Å²) >= 11 is 0. The first-order valence-electron chi connectivity index (χ1n) is 8.41. The third-order valence-electron chi connectivity index (χ3n) is 5.02. The molecule has 0 saturated heterocycles. The van der Waals surface area contributed by atoms with Gasteiger partial charge in [0.05, 0.1) is 0 Å². The Morgan fingerprint density at radius 3 is 2.48 bits per heavy atom. The lowest BCUT2D eigenvalue weighted by Crippen LogP contribution is -2.52. The van der Waals surface area contributed by atoms with Gasteiger partial charge in [0, 0.05) is 16.8 Å². The van der Waals surface area contributed by atoms with E-state index < -0.39 is 0 Å². The summed E-state index contributed by atoms with van der Waals surface area (Å²) in [6, 6.07) is 25.1. The van der Waals surface area contributed by atoms with Crippen molar-refractivity contribution in [1.29, 1.82) is 0 Å². The maximum absolute atomic E-state index is 6.16. The third-order valence-corrected chi connectivity index (χ3v) is 5.02. The molecular formula is C20H14BN3O. The maximum atomic E-state index is 6.16. The molecule has 0 unspecified atom stereocenters. The van der Waals surface area contributed by atoms with Crippen molar-refractivity contribution in [2.45, 2.75) is 0 Å². The molecule has 0 atom stereocenters. The van der Waals surface area contributed by atoms with Crippen molar-refractivity contribution < 1.29 is 4.74 Å². The fourth-order valence-corrected chi connectivity index (χ4v) is 4.02. The first-order valence-corrected chi connectivity index (χ1v) is 8.41. The number of rotatable bonds is 1. The molecule has 5 heteroatoms. The summed E-state index contributed by atoms with van der Waals surface area (Å²) in [5, 5.41) is 0. The van der Waals surface area contributed by atoms with Crippen LogP contribution < -0.4 is 15.1 Å². The van der Waals surface area contributed by atoms with E-state index in [1.165, 1.54) is 11.2 Å². The Morgan fingerprint density at radius 1 is 0.720 bits per heavy atom. The average Bonchev–Trinajstić information content (AvgIpc) is 3.31. The predicted molar refractivity (Wildman–Crippen MR) is 99.8 cm³/mol. The lowest BCUT2D eigenvalue weighted by Gasteiger charge is -2.39. The molecule has 0 bridgehead atoms. The van der Waals surface area contributed by atoms with Crippen LogP contribution in [0.1, 0.15) is 0 Å². The van der Waals surface area contributed by atoms with Crippen molar-refractivity contribution in [2.75, 3.05) is 4.90 Å². The SMILES string of the molecule is c1ccc(N2c3cccc4c3B(n3cccc3O4)n3cccc32)cc1. The normalized spacial score (nSPS) is 13.8. The number of nitrogens with zero attached hydrogens (tertiary/aromatic N) is 3. The van der Waals surface area contributed by atoms with Crippen molar-refractivity contribution in [2.24, 2.45) is 0 Å². The number of fused-ring (bicyclic) bond motifs is 4. The van der Waals surface area contributed by atoms with E-state index in [2.05, 4.69) is 80.8 Å². The van der Waals surface area contributed by atoms with Crippen LogP contribution in [0.5, 0.6) is 11.6 Å². The lowest BCUT2D eigenvalue weighted by atomic mass is 9.63. The van der Waals surface area contributed by atoms with Crippen LogP contribution in [0.25, 0.3) is 0 Å². The molecule has 118 valence electrons. The molecule has 4 heterocycles. The highest BCUT2D eigenvalue weighted by atomic mass is 16.5. The van der Waals surface area contributed by atoms with E-state index in [4.69, 9.17) is 4.74 Å². The number of hydrogen-bond acceptors (Lipinski definition) is 2. The van der Waals surface area contributed by atoms with Crippen molar-refractivity contribution in [3.8, 4) is 11.6 Å². The molecule has 0 saturated carbocycles. The fraction of sp³-hybridized carbons (Fsp3) is 0. The van der Waals surface area contributed by atoms with Crippen LogP contribution in [0.4, 0.5) is 17.2 Å². The van der Waals surface area contributed by atoms with Gasteiger partial charge in [-0.15, -0.1) is 0 Å². The van der Waals surface area contributed by atoms with Gasteiger partial charge in [-0.1, -0.05) is 24.3 Å². The summed E-state index contributed by atoms with van der Waals surface area (Å²) in [4.78, 5) is 2.30. The molecule has 25 heavy (non-hydrogen) atoms. The van der Waals surface area contributed by atoms with Gasteiger partial charge in [-0.25, -0.2) is 0 Å². The molecule has 0 radical (unpaired) electrons. The summed E-state index contributed by atoms with van der Waals surface area (Å²) in [5.74, 6) is 2.96. The van der Waals surface area contributed by atoms with Gasteiger partial charge in [-0.3, -0.25) is 4.90 Å². The quantitative estimate of drug-likeness (QED) is 0.427. The van der Waals surface area contributed by atoms with Crippen LogP contribution in [-0.4, -0.2) is 15.9 Å². The van der Waals surface area contributed by atoms with Crippen LogP contribution in [0.2, 0.25) is 0 Å². The molecular weight excluding hydrogens is 309 g/mol. The molecule has 4 aromatic rings. The molecule has 2 aliphatic rings. The molecule has 0 N–H and O–H groups in total. The minimum Gasteiger partial charge on any atom is -0.442 e. The van der Waals surface area contributed by atoms with E-state index in [1.54, 1.807) is 0 Å². The second-order valence-electron chi connectivity index (χ2n) is 6.36. The smallest absolute Gasteiger partial charge is 0.429 e. The highest BCUT2D eigenvalue weighted by Crippen LogP contribution is 2.42. The molecule has 4 nitrogen and oxygen atoms in total.